The third-order valence-electron chi connectivity index (χ3n) is 5.65. The largest absolute Gasteiger partial charge is 0.493 e. The molecule has 1 atom stereocenters. The number of carbonyl (C=O) groups excluding carboxylic acids is 1. The first-order chi connectivity index (χ1) is 16.1. The topological polar surface area (TPSA) is 84.9 Å². The molecule has 0 bridgehead atoms. The van der Waals surface area contributed by atoms with Gasteiger partial charge in [-0.15, -0.1) is 0 Å². The number of carbonyl (C=O) groups is 1. The second kappa shape index (κ2) is 10.6. The van der Waals surface area contributed by atoms with Gasteiger partial charge in [0.15, 0.2) is 11.5 Å². The van der Waals surface area contributed by atoms with Gasteiger partial charge in [-0.3, -0.25) is 9.10 Å². The van der Waals surface area contributed by atoms with E-state index in [1.807, 2.05) is 50.2 Å². The Kier molecular flexibility index (Phi) is 7.83. The molecule has 1 amide bonds. The van der Waals surface area contributed by atoms with Crippen molar-refractivity contribution in [3.8, 4) is 11.5 Å². The Morgan fingerprint density at radius 3 is 2.21 bits per heavy atom. The fraction of sp³-hybridized carbons (Fsp3) is 0.269. The molecule has 3 aromatic rings. The van der Waals surface area contributed by atoms with Crippen molar-refractivity contribution in [2.45, 2.75) is 26.4 Å². The molecule has 0 unspecified atom stereocenters. The van der Waals surface area contributed by atoms with Crippen LogP contribution in [0.25, 0.3) is 0 Å². The number of methoxy groups -OCH3 is 2. The SMILES string of the molecule is COc1ccc([C@H](C)NC(=O)c2ccc(N(Cc3ccccc3C)S(C)(=O)=O)cc2)cc1OC. The molecule has 0 aliphatic carbocycles. The average Bonchev–Trinajstić information content (AvgIpc) is 2.82. The Bertz CT molecular complexity index is 1260. The van der Waals surface area contributed by atoms with E-state index in [2.05, 4.69) is 5.32 Å². The summed E-state index contributed by atoms with van der Waals surface area (Å²) >= 11 is 0. The highest BCUT2D eigenvalue weighted by atomic mass is 32.2. The van der Waals surface area contributed by atoms with E-state index in [1.165, 1.54) is 10.6 Å². The smallest absolute Gasteiger partial charge is 0.251 e. The van der Waals surface area contributed by atoms with Crippen molar-refractivity contribution < 1.29 is 22.7 Å². The molecule has 0 aromatic heterocycles. The summed E-state index contributed by atoms with van der Waals surface area (Å²) < 4.78 is 36.9. The van der Waals surface area contributed by atoms with Crippen molar-refractivity contribution in [1.82, 2.24) is 5.32 Å². The molecular weight excluding hydrogens is 452 g/mol. The molecular formula is C26H30N2O5S. The summed E-state index contributed by atoms with van der Waals surface area (Å²) in [4.78, 5) is 12.8. The lowest BCUT2D eigenvalue weighted by atomic mass is 10.1. The molecule has 0 saturated carbocycles. The first-order valence-electron chi connectivity index (χ1n) is 10.8. The van der Waals surface area contributed by atoms with E-state index < -0.39 is 10.0 Å². The molecule has 0 fully saturated rings. The predicted molar refractivity (Wildman–Crippen MR) is 134 cm³/mol. The standard InChI is InChI=1S/C26H30N2O5S/c1-18-8-6-7-9-22(18)17-28(34(5,30)31)23-13-10-20(11-14-23)26(29)27-19(2)21-12-15-24(32-3)25(16-21)33-4/h6-16,19H,17H2,1-5H3,(H,27,29)/t19-/m0/s1. The first-order valence-corrected chi connectivity index (χ1v) is 12.6. The van der Waals surface area contributed by atoms with Crippen LogP contribution in [0.4, 0.5) is 5.69 Å². The zero-order chi connectivity index (χ0) is 24.9. The van der Waals surface area contributed by atoms with Crippen molar-refractivity contribution >= 4 is 21.6 Å². The highest BCUT2D eigenvalue weighted by molar-refractivity contribution is 7.92. The maximum atomic E-state index is 12.8. The van der Waals surface area contributed by atoms with Crippen molar-refractivity contribution in [3.63, 3.8) is 0 Å². The fourth-order valence-electron chi connectivity index (χ4n) is 3.61. The lowest BCUT2D eigenvalue weighted by Crippen LogP contribution is -2.30. The maximum absolute atomic E-state index is 12.8. The van der Waals surface area contributed by atoms with Crippen LogP contribution in [-0.4, -0.2) is 34.8 Å². The van der Waals surface area contributed by atoms with Gasteiger partial charge >= 0.3 is 0 Å². The monoisotopic (exact) mass is 482 g/mol. The number of hydrogen-bond donors (Lipinski definition) is 1. The molecule has 1 N–H and O–H groups in total. The summed E-state index contributed by atoms with van der Waals surface area (Å²) in [5.41, 5.74) is 3.72. The molecule has 0 aliphatic rings. The molecule has 0 radical (unpaired) electrons. The third kappa shape index (κ3) is 5.88. The number of amides is 1. The van der Waals surface area contributed by atoms with Gasteiger partial charge in [-0.1, -0.05) is 30.3 Å². The molecule has 3 rings (SSSR count). The minimum atomic E-state index is -3.52. The summed E-state index contributed by atoms with van der Waals surface area (Å²) in [6.45, 7) is 4.04. The normalized spacial score (nSPS) is 12.0. The van der Waals surface area contributed by atoms with E-state index in [0.29, 0.717) is 22.7 Å². The maximum Gasteiger partial charge on any atom is 0.251 e. The van der Waals surface area contributed by atoms with Gasteiger partial charge in [0, 0.05) is 5.56 Å². The predicted octanol–water partition coefficient (Wildman–Crippen LogP) is 4.47. The Balaban J connectivity index is 1.77. The van der Waals surface area contributed by atoms with Crippen LogP contribution in [0, 0.1) is 6.92 Å². The number of nitrogens with one attached hydrogen (secondary N) is 1. The molecule has 0 saturated heterocycles. The van der Waals surface area contributed by atoms with Crippen LogP contribution in [0.5, 0.6) is 11.5 Å². The molecule has 34 heavy (non-hydrogen) atoms. The number of benzene rings is 3. The zero-order valence-corrected chi connectivity index (χ0v) is 20.8. The number of sulfonamides is 1. The highest BCUT2D eigenvalue weighted by Gasteiger charge is 2.20. The Morgan fingerprint density at radius 1 is 0.971 bits per heavy atom. The van der Waals surface area contributed by atoms with Crippen LogP contribution in [0.15, 0.2) is 66.7 Å². The first kappa shape index (κ1) is 25.1. The number of hydrogen-bond acceptors (Lipinski definition) is 5. The lowest BCUT2D eigenvalue weighted by molar-refractivity contribution is 0.0940. The van der Waals surface area contributed by atoms with E-state index in [1.54, 1.807) is 44.6 Å². The minimum absolute atomic E-state index is 0.216. The summed E-state index contributed by atoms with van der Waals surface area (Å²) in [5.74, 6) is 0.931. The number of ether oxygens (including phenoxy) is 2. The van der Waals surface area contributed by atoms with Gasteiger partial charge in [0.25, 0.3) is 5.91 Å². The van der Waals surface area contributed by atoms with Gasteiger partial charge in [-0.05, 0) is 66.9 Å². The van der Waals surface area contributed by atoms with Gasteiger partial charge in [0.1, 0.15) is 0 Å². The number of nitrogens with zero attached hydrogens (tertiary/aromatic N) is 1. The molecule has 7 nitrogen and oxygen atoms in total. The van der Waals surface area contributed by atoms with Crippen molar-refractivity contribution in [1.29, 1.82) is 0 Å². The van der Waals surface area contributed by atoms with Gasteiger partial charge in [-0.25, -0.2) is 8.42 Å². The van der Waals surface area contributed by atoms with Crippen molar-refractivity contribution in [2.24, 2.45) is 0 Å². The van der Waals surface area contributed by atoms with E-state index in [9.17, 15) is 13.2 Å². The Labute approximate surface area is 201 Å². The minimum Gasteiger partial charge on any atom is -0.493 e. The van der Waals surface area contributed by atoms with Gasteiger partial charge in [0.2, 0.25) is 10.0 Å². The van der Waals surface area contributed by atoms with E-state index in [0.717, 1.165) is 16.7 Å². The third-order valence-corrected chi connectivity index (χ3v) is 6.79. The quantitative estimate of drug-likeness (QED) is 0.486. The Morgan fingerprint density at radius 2 is 1.62 bits per heavy atom. The number of anilines is 1. The van der Waals surface area contributed by atoms with Crippen LogP contribution in [0.2, 0.25) is 0 Å². The van der Waals surface area contributed by atoms with Crippen LogP contribution in [0.3, 0.4) is 0 Å². The highest BCUT2D eigenvalue weighted by Crippen LogP contribution is 2.30. The van der Waals surface area contributed by atoms with Crippen LogP contribution < -0.4 is 19.1 Å². The van der Waals surface area contributed by atoms with Gasteiger partial charge < -0.3 is 14.8 Å². The lowest BCUT2D eigenvalue weighted by Gasteiger charge is -2.23. The van der Waals surface area contributed by atoms with E-state index in [-0.39, 0.29) is 18.5 Å². The second-order valence-electron chi connectivity index (χ2n) is 8.05. The van der Waals surface area contributed by atoms with E-state index >= 15 is 0 Å². The van der Waals surface area contributed by atoms with Crippen LogP contribution in [0.1, 0.15) is 40.0 Å². The molecule has 8 heteroatoms. The fourth-order valence-corrected chi connectivity index (χ4v) is 4.49. The summed E-state index contributed by atoms with van der Waals surface area (Å²) in [6.07, 6.45) is 1.18. The van der Waals surface area contributed by atoms with Gasteiger partial charge in [-0.2, -0.15) is 0 Å². The Hall–Kier alpha value is -3.52. The summed E-state index contributed by atoms with van der Waals surface area (Å²) in [7, 11) is -0.394. The summed E-state index contributed by atoms with van der Waals surface area (Å²) in [5, 5.41) is 2.96. The average molecular weight is 483 g/mol. The summed E-state index contributed by atoms with van der Waals surface area (Å²) in [6, 6.07) is 19.4. The molecule has 0 aliphatic heterocycles. The van der Waals surface area contributed by atoms with Crippen LogP contribution in [-0.2, 0) is 16.6 Å². The molecule has 0 heterocycles. The molecule has 0 spiro atoms. The molecule has 3 aromatic carbocycles. The van der Waals surface area contributed by atoms with Crippen molar-refractivity contribution in [2.75, 3.05) is 24.8 Å². The second-order valence-corrected chi connectivity index (χ2v) is 9.96. The van der Waals surface area contributed by atoms with E-state index in [4.69, 9.17) is 9.47 Å². The van der Waals surface area contributed by atoms with Crippen molar-refractivity contribution in [3.05, 3.63) is 89.0 Å². The molecule has 180 valence electrons. The van der Waals surface area contributed by atoms with Gasteiger partial charge in [0.05, 0.1) is 38.7 Å². The number of aryl methyl sites for hydroxylation is 1. The zero-order valence-electron chi connectivity index (χ0n) is 20.0. The number of rotatable bonds is 9. The van der Waals surface area contributed by atoms with Crippen LogP contribution >= 0.6 is 0 Å².